The van der Waals surface area contributed by atoms with Gasteiger partial charge in [0.15, 0.2) is 0 Å². The van der Waals surface area contributed by atoms with Gasteiger partial charge in [-0.25, -0.2) is 0 Å². The summed E-state index contributed by atoms with van der Waals surface area (Å²) >= 11 is 0. The Bertz CT molecular complexity index is 712. The topological polar surface area (TPSA) is 36.0 Å². The van der Waals surface area contributed by atoms with E-state index in [0.29, 0.717) is 17.2 Å². The van der Waals surface area contributed by atoms with Crippen LogP contribution < -0.4 is 4.74 Å². The van der Waals surface area contributed by atoms with E-state index in [4.69, 9.17) is 4.74 Å². The summed E-state index contributed by atoms with van der Waals surface area (Å²) in [6.07, 6.45) is 4.57. The Hall–Kier alpha value is -1.59. The monoisotopic (exact) mass is 385 g/mol. The highest BCUT2D eigenvalue weighted by molar-refractivity contribution is 5.82. The molecule has 154 valence electrons. The average Bonchev–Trinajstić information content (AvgIpc) is 3.43. The maximum atomic E-state index is 13.0. The number of nitrogens with zero attached hydrogens (tertiary/aromatic N) is 3. The molecule has 0 radical (unpaired) electrons. The second kappa shape index (κ2) is 8.03. The number of likely N-dealkylation sites (tertiary alicyclic amines) is 1. The van der Waals surface area contributed by atoms with Crippen LogP contribution >= 0.6 is 0 Å². The van der Waals surface area contributed by atoms with E-state index in [1.807, 2.05) is 0 Å². The molecular formula is C23H35N3O2. The van der Waals surface area contributed by atoms with Crippen LogP contribution in [0.4, 0.5) is 0 Å². The summed E-state index contributed by atoms with van der Waals surface area (Å²) in [6.45, 7) is 9.30. The third-order valence-electron chi connectivity index (χ3n) is 7.24. The number of hydrogen-bond acceptors (Lipinski definition) is 4. The smallest absolute Gasteiger partial charge is 0.226 e. The number of benzene rings is 1. The minimum Gasteiger partial charge on any atom is -0.496 e. The van der Waals surface area contributed by atoms with Crippen LogP contribution in [0.1, 0.15) is 36.8 Å². The quantitative estimate of drug-likeness (QED) is 0.799. The van der Waals surface area contributed by atoms with Crippen LogP contribution in [-0.4, -0.2) is 74.0 Å². The first kappa shape index (κ1) is 19.7. The number of methoxy groups -OCH3 is 1. The summed E-state index contributed by atoms with van der Waals surface area (Å²) in [5.74, 6) is 1.69. The van der Waals surface area contributed by atoms with Crippen molar-refractivity contribution in [2.24, 2.45) is 11.3 Å². The van der Waals surface area contributed by atoms with Crippen molar-refractivity contribution in [3.8, 4) is 5.75 Å². The molecule has 1 spiro atoms. The second-order valence-corrected chi connectivity index (χ2v) is 9.18. The third-order valence-corrected chi connectivity index (χ3v) is 7.24. The number of hydrogen-bond donors (Lipinski definition) is 0. The molecule has 1 saturated carbocycles. The molecule has 0 aromatic heterocycles. The van der Waals surface area contributed by atoms with Crippen molar-refractivity contribution < 1.29 is 9.53 Å². The van der Waals surface area contributed by atoms with Crippen LogP contribution in [0.3, 0.4) is 0 Å². The van der Waals surface area contributed by atoms with E-state index in [2.05, 4.69) is 46.9 Å². The van der Waals surface area contributed by atoms with Crippen LogP contribution in [0, 0.1) is 18.3 Å². The predicted octanol–water partition coefficient (Wildman–Crippen LogP) is 2.77. The maximum absolute atomic E-state index is 13.0. The highest BCUT2D eigenvalue weighted by Crippen LogP contribution is 2.60. The van der Waals surface area contributed by atoms with Crippen molar-refractivity contribution >= 4 is 5.91 Å². The van der Waals surface area contributed by atoms with Crippen LogP contribution in [0.25, 0.3) is 0 Å². The minimum atomic E-state index is 0.293. The van der Waals surface area contributed by atoms with Crippen LogP contribution in [0.5, 0.6) is 5.75 Å². The minimum absolute atomic E-state index is 0.293. The molecule has 28 heavy (non-hydrogen) atoms. The van der Waals surface area contributed by atoms with Gasteiger partial charge in [0.2, 0.25) is 5.91 Å². The standard InChI is InChI=1S/C23H35N3O2/c1-18-15-19(5-6-21(18)28-3)17-25-11-7-23(8-12-25)16-20(23)22(27)26-10-4-9-24(2)13-14-26/h5-6,15,20H,4,7-14,16-17H2,1-3H3. The molecule has 1 aromatic carbocycles. The van der Waals surface area contributed by atoms with Gasteiger partial charge in [-0.1, -0.05) is 12.1 Å². The van der Waals surface area contributed by atoms with Gasteiger partial charge >= 0.3 is 0 Å². The lowest BCUT2D eigenvalue weighted by atomic mass is 9.90. The fraction of sp³-hybridized carbons (Fsp3) is 0.696. The lowest BCUT2D eigenvalue weighted by Gasteiger charge is -2.33. The number of carbonyl (C=O) groups excluding carboxylic acids is 1. The Balaban J connectivity index is 1.29. The molecule has 0 N–H and O–H groups in total. The maximum Gasteiger partial charge on any atom is 0.226 e. The van der Waals surface area contributed by atoms with E-state index >= 15 is 0 Å². The molecule has 5 nitrogen and oxygen atoms in total. The number of amides is 1. The Morgan fingerprint density at radius 3 is 2.64 bits per heavy atom. The van der Waals surface area contributed by atoms with Gasteiger partial charge in [-0.3, -0.25) is 9.69 Å². The number of piperidine rings is 1. The predicted molar refractivity (Wildman–Crippen MR) is 111 cm³/mol. The van der Waals surface area contributed by atoms with Crippen molar-refractivity contribution in [1.82, 2.24) is 14.7 Å². The number of ether oxygens (including phenoxy) is 1. The van der Waals surface area contributed by atoms with Crippen molar-refractivity contribution in [1.29, 1.82) is 0 Å². The van der Waals surface area contributed by atoms with Gasteiger partial charge in [-0.05, 0) is 81.9 Å². The molecule has 2 saturated heterocycles. The van der Waals surface area contributed by atoms with E-state index in [1.165, 1.54) is 24.0 Å². The fourth-order valence-corrected chi connectivity index (χ4v) is 5.19. The zero-order valence-electron chi connectivity index (χ0n) is 17.7. The number of likely N-dealkylation sites (N-methyl/N-ethyl adjacent to an activating group) is 1. The summed E-state index contributed by atoms with van der Waals surface area (Å²) in [6, 6.07) is 6.49. The summed E-state index contributed by atoms with van der Waals surface area (Å²) in [4.78, 5) is 20.1. The van der Waals surface area contributed by atoms with Gasteiger partial charge in [0.05, 0.1) is 7.11 Å². The van der Waals surface area contributed by atoms with Gasteiger partial charge in [-0.15, -0.1) is 0 Å². The van der Waals surface area contributed by atoms with Crippen LogP contribution in [-0.2, 0) is 11.3 Å². The average molecular weight is 386 g/mol. The largest absolute Gasteiger partial charge is 0.496 e. The Labute approximate surface area is 169 Å². The van der Waals surface area contributed by atoms with E-state index in [-0.39, 0.29) is 0 Å². The number of carbonyl (C=O) groups is 1. The second-order valence-electron chi connectivity index (χ2n) is 9.18. The molecule has 4 rings (SSSR count). The van der Waals surface area contributed by atoms with Gasteiger partial charge in [-0.2, -0.15) is 0 Å². The summed E-state index contributed by atoms with van der Waals surface area (Å²) in [5.41, 5.74) is 2.86. The molecular weight excluding hydrogens is 350 g/mol. The van der Waals surface area contributed by atoms with E-state index < -0.39 is 0 Å². The molecule has 3 aliphatic rings. The van der Waals surface area contributed by atoms with Gasteiger partial charge in [0, 0.05) is 32.1 Å². The Morgan fingerprint density at radius 2 is 1.93 bits per heavy atom. The highest BCUT2D eigenvalue weighted by Gasteiger charge is 2.59. The molecule has 0 bridgehead atoms. The number of aryl methyl sites for hydroxylation is 1. The SMILES string of the molecule is COc1ccc(CN2CCC3(CC2)CC3C(=O)N2CCCN(C)CC2)cc1C. The van der Waals surface area contributed by atoms with E-state index in [0.717, 1.165) is 64.4 Å². The first-order valence-electron chi connectivity index (χ1n) is 10.8. The number of rotatable bonds is 4. The summed E-state index contributed by atoms with van der Waals surface area (Å²) in [5, 5.41) is 0. The summed E-state index contributed by atoms with van der Waals surface area (Å²) in [7, 11) is 3.88. The van der Waals surface area contributed by atoms with Gasteiger partial charge in [0.1, 0.15) is 5.75 Å². The first-order valence-corrected chi connectivity index (χ1v) is 10.8. The van der Waals surface area contributed by atoms with Crippen molar-refractivity contribution in [3.63, 3.8) is 0 Å². The van der Waals surface area contributed by atoms with Crippen molar-refractivity contribution in [2.45, 2.75) is 39.2 Å². The molecule has 2 heterocycles. The van der Waals surface area contributed by atoms with E-state index in [1.54, 1.807) is 7.11 Å². The normalized spacial score (nSPS) is 25.5. The molecule has 1 atom stereocenters. The van der Waals surface area contributed by atoms with Gasteiger partial charge in [0.25, 0.3) is 0 Å². The molecule has 1 aromatic rings. The van der Waals surface area contributed by atoms with Crippen molar-refractivity contribution in [2.75, 3.05) is 53.4 Å². The Kier molecular flexibility index (Phi) is 5.66. The lowest BCUT2D eigenvalue weighted by Crippen LogP contribution is -2.39. The fourth-order valence-electron chi connectivity index (χ4n) is 5.19. The molecule has 5 heteroatoms. The van der Waals surface area contributed by atoms with Gasteiger partial charge < -0.3 is 14.5 Å². The zero-order valence-corrected chi connectivity index (χ0v) is 17.7. The zero-order chi connectivity index (χ0) is 19.7. The van der Waals surface area contributed by atoms with Crippen molar-refractivity contribution in [3.05, 3.63) is 29.3 Å². The molecule has 1 unspecified atom stereocenters. The van der Waals surface area contributed by atoms with Crippen LogP contribution in [0.15, 0.2) is 18.2 Å². The highest BCUT2D eigenvalue weighted by atomic mass is 16.5. The van der Waals surface area contributed by atoms with Crippen LogP contribution in [0.2, 0.25) is 0 Å². The third kappa shape index (κ3) is 4.06. The molecule has 1 amide bonds. The molecule has 3 fully saturated rings. The summed E-state index contributed by atoms with van der Waals surface area (Å²) < 4.78 is 5.37. The molecule has 1 aliphatic carbocycles. The van der Waals surface area contributed by atoms with E-state index in [9.17, 15) is 4.79 Å². The molecule has 2 aliphatic heterocycles. The first-order chi connectivity index (χ1) is 13.5. The Morgan fingerprint density at radius 1 is 1.14 bits per heavy atom. The lowest BCUT2D eigenvalue weighted by molar-refractivity contribution is -0.133.